The molecule has 0 N–H and O–H groups in total. The van der Waals surface area contributed by atoms with Crippen molar-refractivity contribution in [2.45, 2.75) is 23.8 Å². The third-order valence-corrected chi connectivity index (χ3v) is 7.65. The van der Waals surface area contributed by atoms with Crippen molar-refractivity contribution in [1.29, 1.82) is 0 Å². The largest absolute Gasteiger partial charge is 0.280 e. The molecule has 27 heavy (non-hydrogen) atoms. The van der Waals surface area contributed by atoms with Gasteiger partial charge >= 0.3 is 0 Å². The number of sulfonamides is 1. The van der Waals surface area contributed by atoms with Crippen molar-refractivity contribution < 1.29 is 12.8 Å². The van der Waals surface area contributed by atoms with Gasteiger partial charge in [0.1, 0.15) is 12.1 Å². The molecule has 0 aromatic carbocycles. The maximum Gasteiger partial charge on any atom is 0.260 e. The minimum atomic E-state index is -3.64. The number of nitrogens with zero attached hydrogens (tertiary/aromatic N) is 6. The van der Waals surface area contributed by atoms with Crippen molar-refractivity contribution >= 4 is 32.0 Å². The highest BCUT2D eigenvalue weighted by molar-refractivity contribution is 7.89. The van der Waals surface area contributed by atoms with E-state index in [2.05, 4.69) is 15.1 Å². The van der Waals surface area contributed by atoms with Gasteiger partial charge in [0.25, 0.3) is 10.0 Å². The van der Waals surface area contributed by atoms with Gasteiger partial charge in [-0.1, -0.05) is 0 Å². The summed E-state index contributed by atoms with van der Waals surface area (Å²) in [5.41, 5.74) is 1.01. The fourth-order valence-electron chi connectivity index (χ4n) is 3.59. The van der Waals surface area contributed by atoms with Gasteiger partial charge in [0.2, 0.25) is 0 Å². The minimum Gasteiger partial charge on any atom is -0.280 e. The zero-order chi connectivity index (χ0) is 18.6. The number of thiazole rings is 1. The Bertz CT molecular complexity index is 1240. The number of hydrogen-bond acceptors (Lipinski definition) is 6. The standard InChI is InChI=1S/C16H15FN6O2S2/c17-13-7-14-19-10-20-23(14)9-12(13)11-1-3-21(4-2-11)27(24,25)15-8-18-16-22(15)5-6-26-16/h5-11H,1-4H2. The number of hydrogen-bond donors (Lipinski definition) is 0. The van der Waals surface area contributed by atoms with Crippen LogP contribution >= 0.6 is 11.3 Å². The van der Waals surface area contributed by atoms with Crippen molar-refractivity contribution in [2.24, 2.45) is 0 Å². The van der Waals surface area contributed by atoms with Crippen LogP contribution in [0.3, 0.4) is 0 Å². The zero-order valence-electron chi connectivity index (χ0n) is 14.1. The topological polar surface area (TPSA) is 84.9 Å². The van der Waals surface area contributed by atoms with Gasteiger partial charge in [-0.15, -0.1) is 11.3 Å². The first-order valence-electron chi connectivity index (χ1n) is 8.43. The average Bonchev–Trinajstić information content (AvgIpc) is 3.37. The molecule has 1 saturated heterocycles. The summed E-state index contributed by atoms with van der Waals surface area (Å²) in [7, 11) is -3.64. The molecule has 1 aliphatic heterocycles. The second-order valence-corrected chi connectivity index (χ2v) is 9.23. The van der Waals surface area contributed by atoms with Crippen LogP contribution in [-0.4, -0.2) is 49.8 Å². The van der Waals surface area contributed by atoms with Gasteiger partial charge in [-0.3, -0.25) is 4.40 Å². The first-order valence-corrected chi connectivity index (χ1v) is 10.8. The van der Waals surface area contributed by atoms with E-state index < -0.39 is 10.0 Å². The summed E-state index contributed by atoms with van der Waals surface area (Å²) in [6.45, 7) is 0.665. The van der Waals surface area contributed by atoms with Gasteiger partial charge in [-0.2, -0.15) is 9.40 Å². The van der Waals surface area contributed by atoms with Crippen LogP contribution < -0.4 is 0 Å². The Morgan fingerprint density at radius 1 is 1.22 bits per heavy atom. The molecule has 0 atom stereocenters. The highest BCUT2D eigenvalue weighted by Crippen LogP contribution is 2.32. The van der Waals surface area contributed by atoms with Gasteiger partial charge in [-0.05, 0) is 18.8 Å². The number of fused-ring (bicyclic) bond motifs is 2. The molecular formula is C16H15FN6O2S2. The lowest BCUT2D eigenvalue weighted by Gasteiger charge is -2.31. The Kier molecular flexibility index (Phi) is 3.78. The molecule has 1 fully saturated rings. The summed E-state index contributed by atoms with van der Waals surface area (Å²) in [6, 6.07) is 1.37. The lowest BCUT2D eigenvalue weighted by atomic mass is 9.91. The van der Waals surface area contributed by atoms with Crippen molar-refractivity contribution in [3.8, 4) is 0 Å². The SMILES string of the molecule is O=S(=O)(c1cnc2sccn12)N1CCC(c2cn3ncnc3cc2F)CC1. The van der Waals surface area contributed by atoms with Crippen molar-refractivity contribution in [3.63, 3.8) is 0 Å². The van der Waals surface area contributed by atoms with Gasteiger partial charge < -0.3 is 0 Å². The lowest BCUT2D eigenvalue weighted by molar-refractivity contribution is 0.314. The summed E-state index contributed by atoms with van der Waals surface area (Å²) in [4.78, 5) is 8.77. The maximum atomic E-state index is 14.5. The third kappa shape index (κ3) is 2.65. The Labute approximate surface area is 157 Å². The van der Waals surface area contributed by atoms with Crippen LogP contribution in [0.4, 0.5) is 4.39 Å². The van der Waals surface area contributed by atoms with E-state index in [-0.39, 0.29) is 16.8 Å². The number of imidazole rings is 1. The smallest absolute Gasteiger partial charge is 0.260 e. The van der Waals surface area contributed by atoms with E-state index in [1.165, 1.54) is 34.2 Å². The van der Waals surface area contributed by atoms with Crippen LogP contribution in [0.1, 0.15) is 24.3 Å². The summed E-state index contributed by atoms with van der Waals surface area (Å²) in [5, 5.41) is 6.03. The number of piperidine rings is 1. The maximum absolute atomic E-state index is 14.5. The lowest BCUT2D eigenvalue weighted by Crippen LogP contribution is -2.38. The van der Waals surface area contributed by atoms with Gasteiger partial charge in [-0.25, -0.2) is 27.3 Å². The second kappa shape index (κ2) is 6.08. The van der Waals surface area contributed by atoms with Crippen LogP contribution in [0.25, 0.3) is 10.6 Å². The molecule has 0 radical (unpaired) electrons. The van der Waals surface area contributed by atoms with E-state index in [4.69, 9.17) is 0 Å². The van der Waals surface area contributed by atoms with E-state index in [1.54, 1.807) is 26.7 Å². The first kappa shape index (κ1) is 16.8. The number of rotatable bonds is 3. The third-order valence-electron chi connectivity index (χ3n) is 5.00. The van der Waals surface area contributed by atoms with E-state index in [1.807, 2.05) is 0 Å². The minimum absolute atomic E-state index is 0.0587. The molecule has 1 aliphatic rings. The van der Waals surface area contributed by atoms with Crippen LogP contribution in [0.15, 0.2) is 41.4 Å². The molecule has 0 aliphatic carbocycles. The summed E-state index contributed by atoms with van der Waals surface area (Å²) < 4.78 is 45.0. The summed E-state index contributed by atoms with van der Waals surface area (Å²) in [5.74, 6) is -0.385. The number of aromatic nitrogens is 5. The van der Waals surface area contributed by atoms with Crippen LogP contribution in [-0.2, 0) is 10.0 Å². The molecule has 0 unspecified atom stereocenters. The molecule has 0 bridgehead atoms. The Morgan fingerprint density at radius 2 is 2.04 bits per heavy atom. The fourth-order valence-corrected chi connectivity index (χ4v) is 5.87. The first-order chi connectivity index (χ1) is 13.0. The molecule has 5 rings (SSSR count). The quantitative estimate of drug-likeness (QED) is 0.520. The fraction of sp³-hybridized carbons (Fsp3) is 0.312. The molecule has 8 nitrogen and oxygen atoms in total. The monoisotopic (exact) mass is 406 g/mol. The molecule has 4 aromatic rings. The van der Waals surface area contributed by atoms with E-state index in [0.717, 1.165) is 0 Å². The van der Waals surface area contributed by atoms with Crippen molar-refractivity contribution in [1.82, 2.24) is 28.3 Å². The number of halogens is 1. The Morgan fingerprint density at radius 3 is 2.85 bits per heavy atom. The second-order valence-electron chi connectivity index (χ2n) is 6.47. The Balaban J connectivity index is 1.39. The highest BCUT2D eigenvalue weighted by atomic mass is 32.2. The summed E-state index contributed by atoms with van der Waals surface area (Å²) >= 11 is 1.39. The van der Waals surface area contributed by atoms with Crippen molar-refractivity contribution in [2.75, 3.05) is 13.1 Å². The molecule has 0 amide bonds. The molecule has 4 aromatic heterocycles. The van der Waals surface area contributed by atoms with E-state index in [9.17, 15) is 12.8 Å². The van der Waals surface area contributed by atoms with Gasteiger partial charge in [0.15, 0.2) is 15.6 Å². The van der Waals surface area contributed by atoms with Crippen LogP contribution in [0.5, 0.6) is 0 Å². The van der Waals surface area contributed by atoms with Crippen molar-refractivity contribution in [3.05, 3.63) is 47.7 Å². The Hall–Kier alpha value is -2.37. The predicted octanol–water partition coefficient (Wildman–Crippen LogP) is 2.15. The zero-order valence-corrected chi connectivity index (χ0v) is 15.7. The van der Waals surface area contributed by atoms with Gasteiger partial charge in [0.05, 0.1) is 6.20 Å². The molecule has 0 saturated carbocycles. The number of pyridine rings is 1. The van der Waals surface area contributed by atoms with E-state index >= 15 is 0 Å². The average molecular weight is 406 g/mol. The molecule has 11 heteroatoms. The van der Waals surface area contributed by atoms with E-state index in [0.29, 0.717) is 42.1 Å². The molecular weight excluding hydrogens is 391 g/mol. The normalized spacial score (nSPS) is 17.2. The summed E-state index contributed by atoms with van der Waals surface area (Å²) in [6.07, 6.45) is 7.22. The van der Waals surface area contributed by atoms with Gasteiger partial charge in [0, 0.05) is 42.5 Å². The van der Waals surface area contributed by atoms with Crippen LogP contribution in [0.2, 0.25) is 0 Å². The highest BCUT2D eigenvalue weighted by Gasteiger charge is 2.33. The van der Waals surface area contributed by atoms with Crippen LogP contribution in [0, 0.1) is 5.82 Å². The predicted molar refractivity (Wildman–Crippen MR) is 96.7 cm³/mol. The molecule has 5 heterocycles. The molecule has 140 valence electrons. The molecule has 0 spiro atoms.